The van der Waals surface area contributed by atoms with Gasteiger partial charge in [-0.3, -0.25) is 8.97 Å². The van der Waals surface area contributed by atoms with Crippen LogP contribution in [0.15, 0.2) is 133 Å². The van der Waals surface area contributed by atoms with Crippen LogP contribution in [0.5, 0.6) is 23.0 Å². The summed E-state index contributed by atoms with van der Waals surface area (Å²) < 4.78 is 14.0. The molecule has 8 heteroatoms. The van der Waals surface area contributed by atoms with Gasteiger partial charge in [0, 0.05) is 45.3 Å². The molecule has 0 atom stereocenters. The zero-order valence-electron chi connectivity index (χ0n) is 33.6. The number of hydrogen-bond donors (Lipinski definition) is 2. The van der Waals surface area contributed by atoms with Gasteiger partial charge in [0.15, 0.2) is 0 Å². The number of nitrogens with zero attached hydrogens (tertiary/aromatic N) is 4. The second-order valence-electron chi connectivity index (χ2n) is 16.5. The van der Waals surface area contributed by atoms with E-state index in [2.05, 4.69) is 161 Å². The lowest BCUT2D eigenvalue weighted by atomic mass is 10.0. The van der Waals surface area contributed by atoms with E-state index in [9.17, 15) is 0 Å². The molecule has 0 fully saturated rings. The molecule has 0 saturated carbocycles. The molecular formula is C50H46N6O2+2. The Morgan fingerprint density at radius 1 is 0.414 bits per heavy atom. The molecule has 8 nitrogen and oxygen atoms in total. The maximum atomic E-state index is 6.31. The number of hydrogen-bond acceptors (Lipinski definition) is 4. The number of nitrogens with one attached hydrogen (secondary N) is 2. The number of H-pyrrole nitrogens is 2. The van der Waals surface area contributed by atoms with Crippen LogP contribution in [0.2, 0.25) is 0 Å². The van der Waals surface area contributed by atoms with Crippen molar-refractivity contribution in [3.8, 4) is 45.3 Å². The van der Waals surface area contributed by atoms with Gasteiger partial charge in [-0.1, -0.05) is 36.4 Å². The van der Waals surface area contributed by atoms with Crippen molar-refractivity contribution in [2.24, 2.45) is 0 Å². The minimum absolute atomic E-state index is 0.709. The zero-order chi connectivity index (χ0) is 40.0. The van der Waals surface area contributed by atoms with E-state index in [1.165, 1.54) is 11.4 Å². The van der Waals surface area contributed by atoms with Crippen LogP contribution in [0.1, 0.15) is 22.8 Å². The van der Waals surface area contributed by atoms with Gasteiger partial charge < -0.3 is 19.4 Å². The van der Waals surface area contributed by atoms with Gasteiger partial charge in [-0.25, -0.2) is 9.97 Å². The SMILES string of the molecule is C[N+](C)(C)c1cccc(Oc2ccc(-c3c4nc(cc5ccc([nH]5)c(-c5ccc(Oc6cccc([N+](C)(C)C)c6)cc5)c5ccc(cc6nc3C=C6)[nH]5)C=C4)cc2)c1. The van der Waals surface area contributed by atoms with E-state index in [4.69, 9.17) is 19.4 Å². The number of benzene rings is 4. The van der Waals surface area contributed by atoms with Crippen molar-refractivity contribution in [2.75, 3.05) is 42.3 Å². The Morgan fingerprint density at radius 3 is 1.28 bits per heavy atom. The van der Waals surface area contributed by atoms with Crippen LogP contribution in [0.3, 0.4) is 0 Å². The number of ether oxygens (including phenoxy) is 2. The largest absolute Gasteiger partial charge is 0.457 e. The highest BCUT2D eigenvalue weighted by molar-refractivity contribution is 5.94. The summed E-state index contributed by atoms with van der Waals surface area (Å²) in [7, 11) is 12.9. The molecule has 0 saturated heterocycles. The average molecular weight is 763 g/mol. The maximum absolute atomic E-state index is 6.31. The number of rotatable bonds is 8. The van der Waals surface area contributed by atoms with E-state index in [1.54, 1.807) is 0 Å². The van der Waals surface area contributed by atoms with E-state index >= 15 is 0 Å². The van der Waals surface area contributed by atoms with Crippen LogP contribution in [0.4, 0.5) is 11.4 Å². The molecule has 7 aromatic rings. The van der Waals surface area contributed by atoms with Crippen molar-refractivity contribution in [2.45, 2.75) is 0 Å². The lowest BCUT2D eigenvalue weighted by molar-refractivity contribution is 0.466. The van der Waals surface area contributed by atoms with E-state index in [-0.39, 0.29) is 0 Å². The molecule has 8 bridgehead atoms. The Bertz CT molecular complexity index is 2810. The molecule has 9 rings (SSSR count). The minimum Gasteiger partial charge on any atom is -0.457 e. The van der Waals surface area contributed by atoms with Gasteiger partial charge in [-0.15, -0.1) is 0 Å². The molecule has 0 unspecified atom stereocenters. The molecule has 0 radical (unpaired) electrons. The molecule has 0 amide bonds. The molecule has 58 heavy (non-hydrogen) atoms. The van der Waals surface area contributed by atoms with Crippen LogP contribution < -0.4 is 18.4 Å². The van der Waals surface area contributed by atoms with Gasteiger partial charge in [-0.2, -0.15) is 0 Å². The molecular weight excluding hydrogens is 717 g/mol. The maximum Gasteiger partial charge on any atom is 0.135 e. The summed E-state index contributed by atoms with van der Waals surface area (Å²) in [5, 5.41) is 0. The van der Waals surface area contributed by atoms with Gasteiger partial charge in [0.2, 0.25) is 0 Å². The van der Waals surface area contributed by atoms with Crippen molar-refractivity contribution in [3.05, 3.63) is 156 Å². The van der Waals surface area contributed by atoms with E-state index in [0.29, 0.717) is 8.97 Å². The summed E-state index contributed by atoms with van der Waals surface area (Å²) in [6, 6.07) is 45.5. The Labute approximate surface area is 338 Å². The fourth-order valence-corrected chi connectivity index (χ4v) is 7.26. The van der Waals surface area contributed by atoms with Crippen LogP contribution in [-0.4, -0.2) is 62.2 Å². The standard InChI is InChI=1S/C50H46N6O2/c1-55(2,3)39-9-7-11-43(31-39)57-41-21-13-33(14-22-41)49-45-25-17-35(51-45)29-37-19-27-47(53-37)50(48-28-20-38(54-48)30-36-18-26-46(49)52-36)34-15-23-42(24-16-34)58-44-12-8-10-40(32-44)56(4,5)6/h7-32,51-52H,1-6H3/q+2. The van der Waals surface area contributed by atoms with Crippen molar-refractivity contribution in [3.63, 3.8) is 0 Å². The lowest BCUT2D eigenvalue weighted by Crippen LogP contribution is -2.34. The first-order chi connectivity index (χ1) is 27.9. The Hall–Kier alpha value is -7.00. The fraction of sp³-hybridized carbons (Fsp3) is 0.120. The highest BCUT2D eigenvalue weighted by atomic mass is 16.5. The Balaban J connectivity index is 1.10. The number of fused-ring (bicyclic) bond motifs is 8. The first kappa shape index (κ1) is 36.6. The second kappa shape index (κ2) is 14.5. The van der Waals surface area contributed by atoms with Gasteiger partial charge >= 0.3 is 0 Å². The molecule has 3 aromatic heterocycles. The summed E-state index contributed by atoms with van der Waals surface area (Å²) in [4.78, 5) is 17.6. The van der Waals surface area contributed by atoms with Gasteiger partial charge in [-0.05, 0) is 120 Å². The molecule has 2 N–H and O–H groups in total. The zero-order valence-corrected chi connectivity index (χ0v) is 33.6. The third-order valence-electron chi connectivity index (χ3n) is 10.3. The summed E-state index contributed by atoms with van der Waals surface area (Å²) >= 11 is 0. The third-order valence-corrected chi connectivity index (χ3v) is 10.3. The van der Waals surface area contributed by atoms with E-state index < -0.39 is 0 Å². The Kier molecular flexibility index (Phi) is 9.15. The molecule has 286 valence electrons. The number of aromatic nitrogens is 4. The third kappa shape index (κ3) is 7.71. The topological polar surface area (TPSA) is 75.8 Å². The predicted octanol–water partition coefficient (Wildman–Crippen LogP) is 12.0. The highest BCUT2D eigenvalue weighted by Crippen LogP contribution is 2.36. The minimum atomic E-state index is 0.709. The second-order valence-corrected chi connectivity index (χ2v) is 16.5. The number of quaternary nitrogens is 2. The molecule has 0 spiro atoms. The van der Waals surface area contributed by atoms with Crippen molar-refractivity contribution in [1.29, 1.82) is 0 Å². The highest BCUT2D eigenvalue weighted by Gasteiger charge is 2.17. The van der Waals surface area contributed by atoms with E-state index in [1.807, 2.05) is 48.5 Å². The van der Waals surface area contributed by atoms with Gasteiger partial charge in [0.1, 0.15) is 34.4 Å². The lowest BCUT2D eigenvalue weighted by Gasteiger charge is -2.23. The summed E-state index contributed by atoms with van der Waals surface area (Å²) in [6.07, 6.45) is 8.24. The molecule has 5 heterocycles. The van der Waals surface area contributed by atoms with E-state index in [0.717, 1.165) is 90.1 Å². The molecule has 4 aromatic carbocycles. The smallest absolute Gasteiger partial charge is 0.135 e. The summed E-state index contributed by atoms with van der Waals surface area (Å²) in [5.41, 5.74) is 13.6. The number of aromatic amines is 2. The first-order valence-corrected chi connectivity index (χ1v) is 19.4. The van der Waals surface area contributed by atoms with Crippen LogP contribution in [-0.2, 0) is 0 Å². The molecule has 0 aliphatic carbocycles. The van der Waals surface area contributed by atoms with Crippen molar-refractivity contribution < 1.29 is 9.47 Å². The van der Waals surface area contributed by atoms with Crippen molar-refractivity contribution in [1.82, 2.24) is 28.9 Å². The van der Waals surface area contributed by atoms with Gasteiger partial charge in [0.25, 0.3) is 0 Å². The monoisotopic (exact) mass is 762 g/mol. The molecule has 2 aliphatic rings. The molecule has 2 aliphatic heterocycles. The average Bonchev–Trinajstić information content (AvgIpc) is 4.03. The fourth-order valence-electron chi connectivity index (χ4n) is 7.26. The summed E-state index contributed by atoms with van der Waals surface area (Å²) in [6.45, 7) is 0. The van der Waals surface area contributed by atoms with Crippen LogP contribution in [0, 0.1) is 0 Å². The van der Waals surface area contributed by atoms with Crippen LogP contribution in [0.25, 0.3) is 68.6 Å². The first-order valence-electron chi connectivity index (χ1n) is 19.4. The van der Waals surface area contributed by atoms with Crippen LogP contribution >= 0.6 is 0 Å². The summed E-state index contributed by atoms with van der Waals surface area (Å²) in [5.74, 6) is 3.15. The predicted molar refractivity (Wildman–Crippen MR) is 242 cm³/mol. The van der Waals surface area contributed by atoms with Gasteiger partial charge in [0.05, 0.1) is 65.1 Å². The quantitative estimate of drug-likeness (QED) is 0.151. The van der Waals surface area contributed by atoms with Crippen molar-refractivity contribution >= 4 is 57.7 Å². The normalized spacial score (nSPS) is 12.5. The Morgan fingerprint density at radius 2 is 0.845 bits per heavy atom.